The summed E-state index contributed by atoms with van der Waals surface area (Å²) in [6, 6.07) is 2.75. The Morgan fingerprint density at radius 2 is 2.10 bits per heavy atom. The smallest absolute Gasteiger partial charge is 0.246 e. The van der Waals surface area contributed by atoms with E-state index in [-0.39, 0.29) is 28.3 Å². The number of nitrogen functional groups attached to an aromatic ring is 1. The van der Waals surface area contributed by atoms with Gasteiger partial charge in [0.15, 0.2) is 0 Å². The van der Waals surface area contributed by atoms with E-state index in [1.807, 2.05) is 0 Å². The van der Waals surface area contributed by atoms with Gasteiger partial charge in [0.25, 0.3) is 0 Å². The number of sulfonamides is 1. The highest BCUT2D eigenvalue weighted by Gasteiger charge is 2.29. The summed E-state index contributed by atoms with van der Waals surface area (Å²) >= 11 is 11.8. The van der Waals surface area contributed by atoms with Crippen LogP contribution in [0.2, 0.25) is 10.0 Å². The van der Waals surface area contributed by atoms with Crippen LogP contribution in [0.1, 0.15) is 19.3 Å². The van der Waals surface area contributed by atoms with E-state index in [1.54, 1.807) is 0 Å². The van der Waals surface area contributed by atoms with Crippen molar-refractivity contribution in [2.24, 2.45) is 0 Å². The van der Waals surface area contributed by atoms with Gasteiger partial charge in [0, 0.05) is 25.2 Å². The van der Waals surface area contributed by atoms with E-state index in [9.17, 15) is 8.42 Å². The lowest BCUT2D eigenvalue weighted by Crippen LogP contribution is -2.37. The molecule has 1 unspecified atom stereocenters. The van der Waals surface area contributed by atoms with E-state index in [1.165, 1.54) is 23.5 Å². The molecule has 0 bridgehead atoms. The van der Waals surface area contributed by atoms with Crippen LogP contribution in [-0.2, 0) is 14.8 Å². The van der Waals surface area contributed by atoms with Crippen molar-refractivity contribution in [1.82, 2.24) is 4.31 Å². The summed E-state index contributed by atoms with van der Waals surface area (Å²) in [5, 5.41) is 0.325. The number of nitrogens with two attached hydrogens (primary N) is 1. The number of likely N-dealkylation sites (N-methyl/N-ethyl adjacent to an activating group) is 1. The highest BCUT2D eigenvalue weighted by Crippen LogP contribution is 2.33. The fourth-order valence-electron chi connectivity index (χ4n) is 2.34. The SMILES string of the molecule is CN(CC1CCCCO1)S(=O)(=O)c1c(N)cc(Cl)cc1Cl. The quantitative estimate of drug-likeness (QED) is 0.845. The molecule has 0 spiro atoms. The highest BCUT2D eigenvalue weighted by atomic mass is 35.5. The molecule has 0 aliphatic carbocycles. The Labute approximate surface area is 135 Å². The van der Waals surface area contributed by atoms with Crippen LogP contribution < -0.4 is 5.73 Å². The molecule has 1 fully saturated rings. The number of hydrogen-bond donors (Lipinski definition) is 1. The Balaban J connectivity index is 2.24. The number of anilines is 1. The summed E-state index contributed by atoms with van der Waals surface area (Å²) in [6.45, 7) is 0.948. The molecule has 2 N–H and O–H groups in total. The van der Waals surface area contributed by atoms with Gasteiger partial charge in [-0.15, -0.1) is 0 Å². The molecular formula is C13H18Cl2N2O3S. The van der Waals surface area contributed by atoms with Crippen molar-refractivity contribution in [1.29, 1.82) is 0 Å². The zero-order valence-corrected chi connectivity index (χ0v) is 14.0. The maximum Gasteiger partial charge on any atom is 0.246 e. The molecule has 2 rings (SSSR count). The Hall–Kier alpha value is -0.530. The summed E-state index contributed by atoms with van der Waals surface area (Å²) in [7, 11) is -2.28. The molecule has 5 nitrogen and oxygen atoms in total. The first-order valence-electron chi connectivity index (χ1n) is 6.65. The van der Waals surface area contributed by atoms with E-state index in [2.05, 4.69) is 0 Å². The van der Waals surface area contributed by atoms with Gasteiger partial charge in [0.2, 0.25) is 10.0 Å². The Kier molecular flexibility index (Phi) is 5.38. The predicted octanol–water partition coefficient (Wildman–Crippen LogP) is 2.77. The summed E-state index contributed by atoms with van der Waals surface area (Å²) in [6.07, 6.45) is 2.82. The highest BCUT2D eigenvalue weighted by molar-refractivity contribution is 7.89. The first kappa shape index (κ1) is 16.8. The number of rotatable bonds is 4. The summed E-state index contributed by atoms with van der Waals surface area (Å²) in [5.41, 5.74) is 5.82. The Bertz CT molecular complexity index is 593. The normalized spacial score (nSPS) is 19.9. The average Bonchev–Trinajstić information content (AvgIpc) is 2.38. The van der Waals surface area contributed by atoms with Crippen molar-refractivity contribution in [3.8, 4) is 0 Å². The lowest BCUT2D eigenvalue weighted by atomic mass is 10.1. The lowest BCUT2D eigenvalue weighted by molar-refractivity contribution is 0.00859. The minimum absolute atomic E-state index is 0.0245. The van der Waals surface area contributed by atoms with Crippen molar-refractivity contribution in [2.75, 3.05) is 25.9 Å². The number of nitrogens with zero attached hydrogens (tertiary/aromatic N) is 1. The van der Waals surface area contributed by atoms with Crippen LogP contribution in [0.15, 0.2) is 17.0 Å². The van der Waals surface area contributed by atoms with Gasteiger partial charge >= 0.3 is 0 Å². The van der Waals surface area contributed by atoms with Crippen LogP contribution in [-0.4, -0.2) is 39.0 Å². The Morgan fingerprint density at radius 1 is 1.38 bits per heavy atom. The van der Waals surface area contributed by atoms with Gasteiger partial charge in [-0.25, -0.2) is 8.42 Å². The minimum atomic E-state index is -3.78. The molecule has 1 aromatic rings. The third-order valence-electron chi connectivity index (χ3n) is 3.44. The predicted molar refractivity (Wildman–Crippen MR) is 84.3 cm³/mol. The van der Waals surface area contributed by atoms with Gasteiger partial charge < -0.3 is 10.5 Å². The second-order valence-corrected chi connectivity index (χ2v) is 7.91. The summed E-state index contributed by atoms with van der Waals surface area (Å²) in [4.78, 5) is -0.105. The molecule has 1 atom stereocenters. The molecule has 0 amide bonds. The van der Waals surface area contributed by atoms with Crippen molar-refractivity contribution in [3.05, 3.63) is 22.2 Å². The molecule has 1 aromatic carbocycles. The zero-order chi connectivity index (χ0) is 15.6. The molecule has 0 radical (unpaired) electrons. The first-order valence-corrected chi connectivity index (χ1v) is 8.84. The standard InChI is InChI=1S/C13H18Cl2N2O3S/c1-17(8-10-4-2-3-5-20-10)21(18,19)13-11(15)6-9(14)7-12(13)16/h6-7,10H,2-5,8,16H2,1H3. The second kappa shape index (κ2) is 6.71. The molecule has 1 saturated heterocycles. The fraction of sp³-hybridized carbons (Fsp3) is 0.538. The maximum atomic E-state index is 12.6. The lowest BCUT2D eigenvalue weighted by Gasteiger charge is -2.27. The molecular weight excluding hydrogens is 335 g/mol. The van der Waals surface area contributed by atoms with Gasteiger partial charge in [-0.1, -0.05) is 23.2 Å². The van der Waals surface area contributed by atoms with Crippen LogP contribution in [0.3, 0.4) is 0 Å². The van der Waals surface area contributed by atoms with Crippen molar-refractivity contribution in [2.45, 2.75) is 30.3 Å². The van der Waals surface area contributed by atoms with Gasteiger partial charge in [-0.3, -0.25) is 0 Å². The van der Waals surface area contributed by atoms with Gasteiger partial charge in [0.05, 0.1) is 16.8 Å². The maximum absolute atomic E-state index is 12.6. The molecule has 118 valence electrons. The van der Waals surface area contributed by atoms with Gasteiger partial charge in [-0.05, 0) is 31.4 Å². The monoisotopic (exact) mass is 352 g/mol. The van der Waals surface area contributed by atoms with E-state index < -0.39 is 10.0 Å². The van der Waals surface area contributed by atoms with Crippen LogP contribution in [0.25, 0.3) is 0 Å². The van der Waals surface area contributed by atoms with Gasteiger partial charge in [0.1, 0.15) is 4.90 Å². The Morgan fingerprint density at radius 3 is 2.67 bits per heavy atom. The summed E-state index contributed by atoms with van der Waals surface area (Å²) in [5.74, 6) is 0. The minimum Gasteiger partial charge on any atom is -0.398 e. The van der Waals surface area contributed by atoms with Crippen LogP contribution in [0.5, 0.6) is 0 Å². The van der Waals surface area contributed by atoms with Crippen molar-refractivity contribution >= 4 is 38.9 Å². The van der Waals surface area contributed by atoms with Crippen LogP contribution in [0, 0.1) is 0 Å². The topological polar surface area (TPSA) is 72.6 Å². The van der Waals surface area contributed by atoms with Crippen molar-refractivity contribution < 1.29 is 13.2 Å². The zero-order valence-electron chi connectivity index (χ0n) is 11.7. The second-order valence-electron chi connectivity index (χ2n) is 5.08. The van der Waals surface area contributed by atoms with Gasteiger partial charge in [-0.2, -0.15) is 4.31 Å². The van der Waals surface area contributed by atoms with E-state index >= 15 is 0 Å². The molecule has 1 heterocycles. The molecule has 1 aliphatic heterocycles. The van der Waals surface area contributed by atoms with E-state index in [0.717, 1.165) is 19.3 Å². The fourth-order valence-corrected chi connectivity index (χ4v) is 4.48. The number of hydrogen-bond acceptors (Lipinski definition) is 4. The number of benzene rings is 1. The van der Waals surface area contributed by atoms with E-state index in [4.69, 9.17) is 33.7 Å². The molecule has 1 aliphatic rings. The van der Waals surface area contributed by atoms with E-state index in [0.29, 0.717) is 11.6 Å². The molecule has 8 heteroatoms. The number of halogens is 2. The third-order valence-corrected chi connectivity index (χ3v) is 6.01. The summed E-state index contributed by atoms with van der Waals surface area (Å²) < 4.78 is 32.0. The first-order chi connectivity index (χ1) is 9.82. The molecule has 21 heavy (non-hydrogen) atoms. The molecule has 0 aromatic heterocycles. The third kappa shape index (κ3) is 3.81. The van der Waals surface area contributed by atoms with Crippen LogP contribution >= 0.6 is 23.2 Å². The van der Waals surface area contributed by atoms with Crippen molar-refractivity contribution in [3.63, 3.8) is 0 Å². The van der Waals surface area contributed by atoms with Crippen LogP contribution in [0.4, 0.5) is 5.69 Å². The largest absolute Gasteiger partial charge is 0.398 e. The average molecular weight is 353 g/mol. The number of ether oxygens (including phenoxy) is 1. The molecule has 0 saturated carbocycles.